The minimum Gasteiger partial charge on any atom is -0.383 e. The monoisotopic (exact) mass is 208 g/mol. The Morgan fingerprint density at radius 2 is 2.29 bits per heavy atom. The molecule has 0 bridgehead atoms. The second-order valence-electron chi connectivity index (χ2n) is 3.90. The van der Waals surface area contributed by atoms with Gasteiger partial charge >= 0.3 is 0 Å². The van der Waals surface area contributed by atoms with Gasteiger partial charge in [0, 0.05) is 4.88 Å². The molecule has 0 amide bonds. The van der Waals surface area contributed by atoms with Crippen LogP contribution in [0.3, 0.4) is 0 Å². The molecule has 2 rings (SSSR count). The molecule has 0 spiro atoms. The highest BCUT2D eigenvalue weighted by atomic mass is 32.1. The Labute approximate surface area is 89.1 Å². The average molecular weight is 208 g/mol. The van der Waals surface area contributed by atoms with Crippen LogP contribution in [0, 0.1) is 6.92 Å². The molecule has 1 aromatic rings. The first-order valence-corrected chi connectivity index (χ1v) is 6.08. The second-order valence-corrected chi connectivity index (χ2v) is 4.84. The van der Waals surface area contributed by atoms with Crippen molar-refractivity contribution >= 4 is 11.3 Å². The maximum Gasteiger partial charge on any atom is 0.109 e. The second kappa shape index (κ2) is 4.28. The van der Waals surface area contributed by atoms with E-state index in [1.165, 1.54) is 24.0 Å². The fourth-order valence-electron chi connectivity index (χ4n) is 1.94. The maximum atomic E-state index is 10.2. The van der Waals surface area contributed by atoms with E-state index >= 15 is 0 Å². The average Bonchev–Trinajstić information content (AvgIpc) is 2.65. The van der Waals surface area contributed by atoms with E-state index in [2.05, 4.69) is 24.4 Å². The van der Waals surface area contributed by atoms with Gasteiger partial charge in [0.05, 0.1) is 0 Å². The lowest BCUT2D eigenvalue weighted by Gasteiger charge is -2.18. The van der Waals surface area contributed by atoms with Crippen LogP contribution in [0.4, 0.5) is 0 Å². The van der Waals surface area contributed by atoms with Crippen molar-refractivity contribution in [1.29, 1.82) is 0 Å². The standard InChI is InChI=1S/C12H16OS/c1-9-7-8-14-12(9)11(13)10-5-3-2-4-6-10/h5,7-8,11,13H,2-4,6H2,1H3. The molecule has 0 aromatic carbocycles. The minimum absolute atomic E-state index is 0.338. The number of rotatable bonds is 2. The normalized spacial score (nSPS) is 19.1. The van der Waals surface area contributed by atoms with E-state index < -0.39 is 0 Å². The molecule has 1 atom stereocenters. The summed E-state index contributed by atoms with van der Waals surface area (Å²) in [7, 11) is 0. The highest BCUT2D eigenvalue weighted by molar-refractivity contribution is 7.10. The highest BCUT2D eigenvalue weighted by Crippen LogP contribution is 2.33. The van der Waals surface area contributed by atoms with Crippen molar-refractivity contribution in [3.8, 4) is 0 Å². The molecule has 0 aliphatic heterocycles. The van der Waals surface area contributed by atoms with Crippen LogP contribution >= 0.6 is 11.3 Å². The zero-order valence-corrected chi connectivity index (χ0v) is 9.31. The quantitative estimate of drug-likeness (QED) is 0.736. The van der Waals surface area contributed by atoms with Gasteiger partial charge in [-0.05, 0) is 55.2 Å². The molecule has 14 heavy (non-hydrogen) atoms. The Morgan fingerprint density at radius 1 is 1.43 bits per heavy atom. The van der Waals surface area contributed by atoms with Gasteiger partial charge in [-0.2, -0.15) is 0 Å². The molecule has 2 heteroatoms. The summed E-state index contributed by atoms with van der Waals surface area (Å²) in [6.07, 6.45) is 6.59. The largest absolute Gasteiger partial charge is 0.383 e. The minimum atomic E-state index is -0.338. The number of thiophene rings is 1. The van der Waals surface area contributed by atoms with E-state index in [0.717, 1.165) is 17.7 Å². The number of allylic oxidation sites excluding steroid dienone is 1. The fourth-order valence-corrected chi connectivity index (χ4v) is 2.90. The van der Waals surface area contributed by atoms with E-state index in [4.69, 9.17) is 0 Å². The van der Waals surface area contributed by atoms with Crippen LogP contribution in [-0.4, -0.2) is 5.11 Å². The zero-order chi connectivity index (χ0) is 9.97. The number of aryl methyl sites for hydroxylation is 1. The molecule has 1 aliphatic carbocycles. The lowest BCUT2D eigenvalue weighted by molar-refractivity contribution is 0.211. The predicted octanol–water partition coefficient (Wildman–Crippen LogP) is 3.59. The summed E-state index contributed by atoms with van der Waals surface area (Å²) in [6, 6.07) is 2.08. The molecule has 76 valence electrons. The summed E-state index contributed by atoms with van der Waals surface area (Å²) in [5.41, 5.74) is 2.44. The molecule has 0 saturated carbocycles. The van der Waals surface area contributed by atoms with Crippen LogP contribution < -0.4 is 0 Å². The van der Waals surface area contributed by atoms with Gasteiger partial charge < -0.3 is 5.11 Å². The van der Waals surface area contributed by atoms with Gasteiger partial charge in [0.1, 0.15) is 6.10 Å². The van der Waals surface area contributed by atoms with Crippen LogP contribution in [-0.2, 0) is 0 Å². The lowest BCUT2D eigenvalue weighted by atomic mass is 9.94. The van der Waals surface area contributed by atoms with Crippen molar-refractivity contribution in [2.75, 3.05) is 0 Å². The third-order valence-corrected chi connectivity index (χ3v) is 3.90. The summed E-state index contributed by atoms with van der Waals surface area (Å²) in [6.45, 7) is 2.07. The van der Waals surface area contributed by atoms with Crippen LogP contribution in [0.2, 0.25) is 0 Å². The first-order chi connectivity index (χ1) is 6.79. The predicted molar refractivity (Wildman–Crippen MR) is 60.6 cm³/mol. The van der Waals surface area contributed by atoms with Crippen molar-refractivity contribution in [1.82, 2.24) is 0 Å². The van der Waals surface area contributed by atoms with Gasteiger partial charge in [0.25, 0.3) is 0 Å². The summed E-state index contributed by atoms with van der Waals surface area (Å²) in [4.78, 5) is 1.12. The molecule has 1 unspecified atom stereocenters. The fraction of sp³-hybridized carbons (Fsp3) is 0.500. The van der Waals surface area contributed by atoms with Gasteiger partial charge in [0.15, 0.2) is 0 Å². The first-order valence-electron chi connectivity index (χ1n) is 5.20. The Hall–Kier alpha value is -0.600. The molecular formula is C12H16OS. The summed E-state index contributed by atoms with van der Waals surface area (Å²) < 4.78 is 0. The third kappa shape index (κ3) is 1.91. The molecule has 0 saturated heterocycles. The Morgan fingerprint density at radius 3 is 2.86 bits per heavy atom. The third-order valence-electron chi connectivity index (χ3n) is 2.83. The molecule has 1 nitrogen and oxygen atoms in total. The lowest BCUT2D eigenvalue weighted by Crippen LogP contribution is -2.04. The summed E-state index contributed by atoms with van der Waals surface area (Å²) >= 11 is 1.66. The topological polar surface area (TPSA) is 20.2 Å². The molecular weight excluding hydrogens is 192 g/mol. The molecule has 1 heterocycles. The summed E-state index contributed by atoms with van der Waals surface area (Å²) in [5, 5.41) is 12.2. The molecule has 0 fully saturated rings. The summed E-state index contributed by atoms with van der Waals surface area (Å²) in [5.74, 6) is 0. The van der Waals surface area contributed by atoms with Crippen LogP contribution in [0.1, 0.15) is 42.2 Å². The van der Waals surface area contributed by atoms with Crippen molar-refractivity contribution in [2.45, 2.75) is 38.7 Å². The number of aliphatic hydroxyl groups excluding tert-OH is 1. The number of hydrogen-bond donors (Lipinski definition) is 1. The Bertz CT molecular complexity index is 338. The number of aliphatic hydroxyl groups is 1. The van der Waals surface area contributed by atoms with Crippen molar-refractivity contribution < 1.29 is 5.11 Å². The van der Waals surface area contributed by atoms with Gasteiger partial charge in [-0.25, -0.2) is 0 Å². The van der Waals surface area contributed by atoms with Gasteiger partial charge in [-0.1, -0.05) is 6.08 Å². The Kier molecular flexibility index (Phi) is 3.04. The highest BCUT2D eigenvalue weighted by Gasteiger charge is 2.17. The maximum absolute atomic E-state index is 10.2. The van der Waals surface area contributed by atoms with Crippen LogP contribution in [0.5, 0.6) is 0 Å². The SMILES string of the molecule is Cc1ccsc1C(O)C1=CCCCC1. The smallest absolute Gasteiger partial charge is 0.109 e. The van der Waals surface area contributed by atoms with E-state index in [1.807, 2.05) is 0 Å². The van der Waals surface area contributed by atoms with E-state index in [9.17, 15) is 5.11 Å². The van der Waals surface area contributed by atoms with E-state index in [-0.39, 0.29) is 6.10 Å². The van der Waals surface area contributed by atoms with Crippen LogP contribution in [0.15, 0.2) is 23.1 Å². The molecule has 1 N–H and O–H groups in total. The van der Waals surface area contributed by atoms with Crippen LogP contribution in [0.25, 0.3) is 0 Å². The van der Waals surface area contributed by atoms with E-state index in [1.54, 1.807) is 11.3 Å². The van der Waals surface area contributed by atoms with E-state index in [0.29, 0.717) is 0 Å². The Balaban J connectivity index is 2.19. The zero-order valence-electron chi connectivity index (χ0n) is 8.49. The van der Waals surface area contributed by atoms with Gasteiger partial charge in [0.2, 0.25) is 0 Å². The first kappa shape index (κ1) is 9.94. The molecule has 1 aromatic heterocycles. The molecule has 0 radical (unpaired) electrons. The van der Waals surface area contributed by atoms with Gasteiger partial charge in [-0.15, -0.1) is 11.3 Å². The van der Waals surface area contributed by atoms with Crippen molar-refractivity contribution in [3.63, 3.8) is 0 Å². The van der Waals surface area contributed by atoms with Crippen molar-refractivity contribution in [3.05, 3.63) is 33.5 Å². The van der Waals surface area contributed by atoms with Crippen molar-refractivity contribution in [2.24, 2.45) is 0 Å². The number of hydrogen-bond acceptors (Lipinski definition) is 2. The van der Waals surface area contributed by atoms with Gasteiger partial charge in [-0.3, -0.25) is 0 Å². The molecule has 1 aliphatic rings.